The van der Waals surface area contributed by atoms with E-state index in [1.807, 2.05) is 30.7 Å². The number of benzene rings is 1. The van der Waals surface area contributed by atoms with Crippen LogP contribution in [0.25, 0.3) is 10.9 Å². The summed E-state index contributed by atoms with van der Waals surface area (Å²) in [6, 6.07) is 6.40. The molecular weight excluding hydrogens is 592 g/mol. The minimum absolute atomic E-state index is 0.0374. The molecular formula is C29H33ClN8O4S. The second-order valence-electron chi connectivity index (χ2n) is 11.6. The average molecular weight is 625 g/mol. The van der Waals surface area contributed by atoms with E-state index < -0.39 is 22.0 Å². The van der Waals surface area contributed by atoms with Gasteiger partial charge < -0.3 is 10.2 Å². The summed E-state index contributed by atoms with van der Waals surface area (Å²) >= 11 is 6.04. The maximum Gasteiger partial charge on any atom is 0.285 e. The van der Waals surface area contributed by atoms with Gasteiger partial charge in [0.15, 0.2) is 5.69 Å². The molecule has 1 amide bonds. The molecule has 2 N–H and O–H groups in total. The Balaban J connectivity index is 1.36. The number of amides is 1. The summed E-state index contributed by atoms with van der Waals surface area (Å²) < 4.78 is 29.0. The third kappa shape index (κ3) is 6.09. The van der Waals surface area contributed by atoms with Crippen molar-refractivity contribution in [2.75, 3.05) is 23.0 Å². The van der Waals surface area contributed by atoms with E-state index in [9.17, 15) is 18.0 Å². The Morgan fingerprint density at radius 1 is 1.21 bits per heavy atom. The lowest BCUT2D eigenvalue weighted by atomic mass is 10.0. The third-order valence-electron chi connectivity index (χ3n) is 7.85. The number of anilines is 2. The predicted molar refractivity (Wildman–Crippen MR) is 165 cm³/mol. The number of aromatic nitrogens is 5. The van der Waals surface area contributed by atoms with Gasteiger partial charge in [0.2, 0.25) is 16.0 Å². The Labute approximate surface area is 254 Å². The summed E-state index contributed by atoms with van der Waals surface area (Å²) in [6.45, 7) is 6.03. The van der Waals surface area contributed by atoms with Crippen LogP contribution in [0, 0.1) is 12.8 Å². The van der Waals surface area contributed by atoms with E-state index in [2.05, 4.69) is 26.1 Å². The summed E-state index contributed by atoms with van der Waals surface area (Å²) in [4.78, 5) is 37.7. The van der Waals surface area contributed by atoms with Crippen molar-refractivity contribution in [2.45, 2.75) is 52.2 Å². The number of rotatable bonds is 8. The molecule has 4 aromatic rings. The molecule has 0 radical (unpaired) electrons. The molecule has 12 nitrogen and oxygen atoms in total. The number of sulfonamides is 1. The van der Waals surface area contributed by atoms with E-state index in [1.165, 1.54) is 18.9 Å². The molecule has 1 aromatic carbocycles. The summed E-state index contributed by atoms with van der Waals surface area (Å²) in [7, 11) is -2.09. The summed E-state index contributed by atoms with van der Waals surface area (Å²) in [5.41, 5.74) is 4.36. The lowest BCUT2D eigenvalue weighted by Crippen LogP contribution is -2.36. The van der Waals surface area contributed by atoms with E-state index in [-0.39, 0.29) is 22.1 Å². The zero-order valence-electron chi connectivity index (χ0n) is 24.4. The van der Waals surface area contributed by atoms with Gasteiger partial charge in [-0.25, -0.2) is 23.1 Å². The van der Waals surface area contributed by atoms with Crippen LogP contribution in [-0.4, -0.2) is 51.4 Å². The number of hydrogen-bond donors (Lipinski definition) is 2. The van der Waals surface area contributed by atoms with Gasteiger partial charge in [0.25, 0.3) is 11.5 Å². The first-order valence-electron chi connectivity index (χ1n) is 14.1. The van der Waals surface area contributed by atoms with Crippen molar-refractivity contribution in [3.63, 3.8) is 0 Å². The molecule has 43 heavy (non-hydrogen) atoms. The van der Waals surface area contributed by atoms with Gasteiger partial charge in [0.05, 0.1) is 34.6 Å². The zero-order chi connectivity index (χ0) is 30.6. The maximum absolute atomic E-state index is 13.7. The highest BCUT2D eigenvalue weighted by atomic mass is 35.5. The van der Waals surface area contributed by atoms with Gasteiger partial charge in [-0.2, -0.15) is 5.10 Å². The van der Waals surface area contributed by atoms with Crippen LogP contribution < -0.4 is 20.5 Å². The molecule has 1 aliphatic carbocycles. The first-order valence-corrected chi connectivity index (χ1v) is 16.4. The number of pyridine rings is 1. The first-order chi connectivity index (χ1) is 20.4. The molecule has 14 heteroatoms. The van der Waals surface area contributed by atoms with Crippen molar-refractivity contribution >= 4 is 50.1 Å². The monoisotopic (exact) mass is 624 g/mol. The number of carbonyl (C=O) groups excluding carboxylic acids is 1. The van der Waals surface area contributed by atoms with Crippen LogP contribution in [0.2, 0.25) is 5.15 Å². The van der Waals surface area contributed by atoms with Crippen molar-refractivity contribution in [3.8, 4) is 0 Å². The normalized spacial score (nSPS) is 15.8. The van der Waals surface area contributed by atoms with Crippen LogP contribution in [0.4, 0.5) is 11.6 Å². The summed E-state index contributed by atoms with van der Waals surface area (Å²) in [5.74, 6) is 0.386. The Morgan fingerprint density at radius 2 is 1.98 bits per heavy atom. The number of fused-ring (bicyclic) bond motifs is 2. The van der Waals surface area contributed by atoms with E-state index in [0.717, 1.165) is 47.5 Å². The first kappa shape index (κ1) is 29.1. The fraction of sp³-hybridized carbons (Fsp3) is 0.414. The van der Waals surface area contributed by atoms with Gasteiger partial charge in [-0.05, 0) is 56.4 Å². The van der Waals surface area contributed by atoms with Gasteiger partial charge in [-0.3, -0.25) is 18.8 Å². The van der Waals surface area contributed by atoms with Crippen molar-refractivity contribution in [3.05, 3.63) is 74.0 Å². The third-order valence-corrected chi connectivity index (χ3v) is 8.62. The number of nitrogens with one attached hydrogen (secondary N) is 2. The molecule has 0 saturated heterocycles. The summed E-state index contributed by atoms with van der Waals surface area (Å²) in [6.07, 6.45) is 6.30. The maximum atomic E-state index is 13.7. The fourth-order valence-corrected chi connectivity index (χ4v) is 6.19. The van der Waals surface area contributed by atoms with Crippen LogP contribution in [0.1, 0.15) is 58.7 Å². The molecule has 1 atom stereocenters. The Hall–Kier alpha value is -3.97. The highest BCUT2D eigenvalue weighted by Gasteiger charge is 2.27. The fourth-order valence-electron chi connectivity index (χ4n) is 5.61. The molecule has 1 aliphatic heterocycles. The van der Waals surface area contributed by atoms with E-state index in [1.54, 1.807) is 17.7 Å². The lowest BCUT2D eigenvalue weighted by molar-refractivity contribution is 0.0977. The average Bonchev–Trinajstić information content (AvgIpc) is 3.66. The molecule has 1 fully saturated rings. The predicted octanol–water partition coefficient (Wildman–Crippen LogP) is 3.32. The number of carbonyl (C=O) groups is 1. The van der Waals surface area contributed by atoms with E-state index >= 15 is 0 Å². The van der Waals surface area contributed by atoms with Gasteiger partial charge in [0, 0.05) is 50.4 Å². The van der Waals surface area contributed by atoms with Gasteiger partial charge >= 0.3 is 0 Å². The van der Waals surface area contributed by atoms with Crippen LogP contribution in [0.5, 0.6) is 0 Å². The molecule has 4 heterocycles. The van der Waals surface area contributed by atoms with Gasteiger partial charge in [0.1, 0.15) is 5.15 Å². The second kappa shape index (κ2) is 10.9. The van der Waals surface area contributed by atoms with Gasteiger partial charge in [-0.15, -0.1) is 0 Å². The van der Waals surface area contributed by atoms with Crippen LogP contribution in [0.3, 0.4) is 0 Å². The lowest BCUT2D eigenvalue weighted by Gasteiger charge is -2.29. The van der Waals surface area contributed by atoms with E-state index in [4.69, 9.17) is 21.7 Å². The molecule has 2 aliphatic rings. The van der Waals surface area contributed by atoms with Crippen LogP contribution in [0.15, 0.2) is 35.3 Å². The smallest absolute Gasteiger partial charge is 0.285 e. The molecule has 0 unspecified atom stereocenters. The number of nitrogens with zero attached hydrogens (tertiary/aromatic N) is 6. The standard InChI is InChI=1S/C29H33ClN8O4S/c1-16-11-20(17(2)31-23-7-8-24(30)32-26(23)27(39)35-43(4,41)42)25-21(12-16)28(40)36(3)29(33-25)37-10-9-22-19(14-37)15-38(34-22)13-18-5-6-18/h7-8,11-12,15,17-18,31H,5-6,9-10,13-14H2,1-4H3,(H,35,39)/t17-/m1/s1. The van der Waals surface area contributed by atoms with Crippen molar-refractivity contribution in [1.29, 1.82) is 0 Å². The number of halogens is 1. The second-order valence-corrected chi connectivity index (χ2v) is 13.7. The quantitative estimate of drug-likeness (QED) is 0.282. The van der Waals surface area contributed by atoms with Crippen molar-refractivity contribution < 1.29 is 13.2 Å². The van der Waals surface area contributed by atoms with Gasteiger partial charge in [-0.1, -0.05) is 17.7 Å². The van der Waals surface area contributed by atoms with Crippen LogP contribution in [-0.2, 0) is 36.6 Å². The Kier molecular flexibility index (Phi) is 7.41. The molecule has 0 bridgehead atoms. The highest BCUT2D eigenvalue weighted by molar-refractivity contribution is 7.89. The highest BCUT2D eigenvalue weighted by Crippen LogP contribution is 2.32. The Bertz CT molecular complexity index is 1930. The Morgan fingerprint density at radius 3 is 2.70 bits per heavy atom. The minimum Gasteiger partial charge on any atom is -0.377 e. The molecule has 0 spiro atoms. The van der Waals surface area contributed by atoms with E-state index in [0.29, 0.717) is 29.9 Å². The van der Waals surface area contributed by atoms with Crippen molar-refractivity contribution in [2.24, 2.45) is 13.0 Å². The topological polar surface area (TPSA) is 144 Å². The van der Waals surface area contributed by atoms with Crippen LogP contribution >= 0.6 is 11.6 Å². The zero-order valence-corrected chi connectivity index (χ0v) is 26.0. The van der Waals surface area contributed by atoms with Crippen molar-refractivity contribution in [1.82, 2.24) is 29.0 Å². The molecule has 226 valence electrons. The summed E-state index contributed by atoms with van der Waals surface area (Å²) in [5, 5.41) is 8.58. The SMILES string of the molecule is Cc1cc([C@@H](C)Nc2ccc(Cl)nc2C(=O)NS(C)(=O)=O)c2nc(N3CCc4nn(CC5CC5)cc4C3)n(C)c(=O)c2c1. The molecule has 1 saturated carbocycles. The molecule has 6 rings (SSSR count). The minimum atomic E-state index is -3.83. The number of hydrogen-bond acceptors (Lipinski definition) is 9. The largest absolute Gasteiger partial charge is 0.377 e. The molecule has 3 aromatic heterocycles. The number of aryl methyl sites for hydroxylation is 1.